The van der Waals surface area contributed by atoms with Crippen LogP contribution in [0.3, 0.4) is 0 Å². The van der Waals surface area contributed by atoms with Gasteiger partial charge in [-0.3, -0.25) is 0 Å². The van der Waals surface area contributed by atoms with Crippen LogP contribution in [0.5, 0.6) is 11.5 Å². The predicted octanol–water partition coefficient (Wildman–Crippen LogP) is 5.20. The summed E-state index contributed by atoms with van der Waals surface area (Å²) in [4.78, 5) is 24.4. The minimum Gasteiger partial charge on any atom is -0.493 e. The van der Waals surface area contributed by atoms with Gasteiger partial charge in [0.05, 0.1) is 24.8 Å². The maximum absolute atomic E-state index is 12.2. The monoisotopic (exact) mass is 496 g/mol. The lowest BCUT2D eigenvalue weighted by molar-refractivity contribution is -0.146. The van der Waals surface area contributed by atoms with E-state index in [1.807, 2.05) is 18.2 Å². The third kappa shape index (κ3) is 6.24. The highest BCUT2D eigenvalue weighted by Crippen LogP contribution is 2.38. The summed E-state index contributed by atoms with van der Waals surface area (Å²) < 4.78 is 21.8. The van der Waals surface area contributed by atoms with Gasteiger partial charge in [-0.05, 0) is 59.6 Å². The number of hydrogen-bond acceptors (Lipinski definition) is 6. The fourth-order valence-electron chi connectivity index (χ4n) is 2.51. The molecule has 2 rings (SSSR count). The van der Waals surface area contributed by atoms with Gasteiger partial charge in [-0.15, -0.1) is 0 Å². The summed E-state index contributed by atoms with van der Waals surface area (Å²) in [6.45, 7) is 3.83. The van der Waals surface area contributed by atoms with E-state index in [2.05, 4.69) is 15.9 Å². The number of halogens is 2. The zero-order valence-electron chi connectivity index (χ0n) is 16.9. The number of benzene rings is 2. The molecule has 160 valence electrons. The number of carbonyl (C=O) groups excluding carboxylic acids is 2. The van der Waals surface area contributed by atoms with Crippen molar-refractivity contribution in [3.05, 3.63) is 62.6 Å². The molecule has 6 nitrogen and oxygen atoms in total. The van der Waals surface area contributed by atoms with E-state index in [-0.39, 0.29) is 25.4 Å². The maximum atomic E-state index is 12.2. The first-order chi connectivity index (χ1) is 14.4. The zero-order chi connectivity index (χ0) is 22.1. The molecule has 0 heterocycles. The van der Waals surface area contributed by atoms with Gasteiger partial charge < -0.3 is 18.9 Å². The van der Waals surface area contributed by atoms with Crippen LogP contribution in [0.1, 0.15) is 25.0 Å². The third-order valence-electron chi connectivity index (χ3n) is 3.88. The minimum atomic E-state index is -0.759. The van der Waals surface area contributed by atoms with Crippen molar-refractivity contribution in [2.75, 3.05) is 20.3 Å². The Morgan fingerprint density at radius 2 is 1.70 bits per heavy atom. The van der Waals surface area contributed by atoms with Crippen molar-refractivity contribution < 1.29 is 28.5 Å². The van der Waals surface area contributed by atoms with E-state index >= 15 is 0 Å². The van der Waals surface area contributed by atoms with E-state index in [1.54, 1.807) is 32.0 Å². The summed E-state index contributed by atoms with van der Waals surface area (Å²) in [6, 6.07) is 10.7. The molecular weight excluding hydrogens is 476 g/mol. The number of ether oxygens (including phenoxy) is 4. The van der Waals surface area contributed by atoms with Crippen LogP contribution in [0, 0.1) is 0 Å². The number of rotatable bonds is 9. The molecule has 0 saturated heterocycles. The van der Waals surface area contributed by atoms with Gasteiger partial charge in [-0.25, -0.2) is 9.59 Å². The topological polar surface area (TPSA) is 71.1 Å². The number of carbonyl (C=O) groups is 2. The molecule has 30 heavy (non-hydrogen) atoms. The van der Waals surface area contributed by atoms with E-state index in [9.17, 15) is 9.59 Å². The fraction of sp³-hybridized carbons (Fsp3) is 0.273. The molecule has 0 amide bonds. The van der Waals surface area contributed by atoms with Crippen LogP contribution < -0.4 is 9.47 Å². The number of esters is 2. The Bertz CT molecular complexity index is 921. The lowest BCUT2D eigenvalue weighted by Gasteiger charge is -2.14. The highest BCUT2D eigenvalue weighted by molar-refractivity contribution is 9.10. The lowest BCUT2D eigenvalue weighted by atomic mass is 10.1. The number of methoxy groups -OCH3 is 1. The first-order valence-electron chi connectivity index (χ1n) is 9.20. The standard InChI is InChI=1S/C22H22BrClO6/c1-4-28-21(25)16(22(26)29-5-2)10-14-11-17(23)20(19(12-14)27-3)30-13-15-8-6-7-9-18(15)24/h6-12H,4-5,13H2,1-3H3. The van der Waals surface area contributed by atoms with E-state index in [0.717, 1.165) is 5.56 Å². The Kier molecular flexibility index (Phi) is 9.20. The molecule has 8 heteroatoms. The van der Waals surface area contributed by atoms with Crippen LogP contribution in [0.2, 0.25) is 5.02 Å². The lowest BCUT2D eigenvalue weighted by Crippen LogP contribution is -2.18. The quantitative estimate of drug-likeness (QED) is 0.205. The van der Waals surface area contributed by atoms with E-state index in [1.165, 1.54) is 13.2 Å². The Morgan fingerprint density at radius 1 is 1.07 bits per heavy atom. The molecule has 2 aromatic carbocycles. The van der Waals surface area contributed by atoms with Crippen molar-refractivity contribution in [3.8, 4) is 11.5 Å². The van der Waals surface area contributed by atoms with Crippen molar-refractivity contribution in [2.24, 2.45) is 0 Å². The molecule has 0 unspecified atom stereocenters. The molecule has 0 aliphatic rings. The Balaban J connectivity index is 2.36. The largest absolute Gasteiger partial charge is 0.493 e. The second-order valence-corrected chi connectivity index (χ2v) is 7.17. The first kappa shape index (κ1) is 23.8. The van der Waals surface area contributed by atoms with Crippen LogP contribution in [0.15, 0.2) is 46.4 Å². The van der Waals surface area contributed by atoms with Crippen molar-refractivity contribution in [1.82, 2.24) is 0 Å². The second-order valence-electron chi connectivity index (χ2n) is 5.91. The summed E-state index contributed by atoms with van der Waals surface area (Å²) in [5.41, 5.74) is 1.14. The van der Waals surface area contributed by atoms with Gasteiger partial charge in [0.2, 0.25) is 0 Å². The van der Waals surface area contributed by atoms with Gasteiger partial charge in [0.15, 0.2) is 11.5 Å². The Labute approximate surface area is 188 Å². The summed E-state index contributed by atoms with van der Waals surface area (Å²) >= 11 is 9.64. The second kappa shape index (κ2) is 11.6. The molecule has 0 N–H and O–H groups in total. The van der Waals surface area contributed by atoms with E-state index < -0.39 is 11.9 Å². The highest BCUT2D eigenvalue weighted by Gasteiger charge is 2.22. The fourth-order valence-corrected chi connectivity index (χ4v) is 3.28. The SMILES string of the molecule is CCOC(=O)C(=Cc1cc(Br)c(OCc2ccccc2Cl)c(OC)c1)C(=O)OCC. The van der Waals surface area contributed by atoms with Crippen LogP contribution in [0.4, 0.5) is 0 Å². The summed E-state index contributed by atoms with van der Waals surface area (Å²) in [6.07, 6.45) is 1.39. The number of hydrogen-bond donors (Lipinski definition) is 0. The normalized spacial score (nSPS) is 10.2. The van der Waals surface area contributed by atoms with Crippen LogP contribution in [-0.2, 0) is 25.7 Å². The Hall–Kier alpha value is -2.51. The molecule has 0 aromatic heterocycles. The van der Waals surface area contributed by atoms with Crippen LogP contribution in [0.25, 0.3) is 6.08 Å². The van der Waals surface area contributed by atoms with Crippen molar-refractivity contribution >= 4 is 45.5 Å². The molecule has 0 fully saturated rings. The van der Waals surface area contributed by atoms with E-state index in [4.69, 9.17) is 30.5 Å². The molecule has 0 radical (unpaired) electrons. The van der Waals surface area contributed by atoms with Crippen molar-refractivity contribution in [2.45, 2.75) is 20.5 Å². The highest BCUT2D eigenvalue weighted by atomic mass is 79.9. The van der Waals surface area contributed by atoms with Gasteiger partial charge in [0, 0.05) is 10.6 Å². The van der Waals surface area contributed by atoms with Gasteiger partial charge in [-0.1, -0.05) is 29.8 Å². The molecule has 0 atom stereocenters. The van der Waals surface area contributed by atoms with Crippen molar-refractivity contribution in [1.29, 1.82) is 0 Å². The van der Waals surface area contributed by atoms with Crippen LogP contribution >= 0.6 is 27.5 Å². The zero-order valence-corrected chi connectivity index (χ0v) is 19.2. The summed E-state index contributed by atoms with van der Waals surface area (Å²) in [5.74, 6) is -0.645. The predicted molar refractivity (Wildman–Crippen MR) is 118 cm³/mol. The average molecular weight is 498 g/mol. The molecule has 0 spiro atoms. The van der Waals surface area contributed by atoms with Gasteiger partial charge in [0.25, 0.3) is 0 Å². The molecule has 0 bridgehead atoms. The van der Waals surface area contributed by atoms with Gasteiger partial charge in [-0.2, -0.15) is 0 Å². The first-order valence-corrected chi connectivity index (χ1v) is 10.4. The Morgan fingerprint density at radius 3 is 2.27 bits per heavy atom. The molecule has 0 saturated carbocycles. The minimum absolute atomic E-state index is 0.136. The molecule has 2 aromatic rings. The average Bonchev–Trinajstić information content (AvgIpc) is 2.72. The van der Waals surface area contributed by atoms with Crippen LogP contribution in [-0.4, -0.2) is 32.3 Å². The maximum Gasteiger partial charge on any atom is 0.345 e. The van der Waals surface area contributed by atoms with Gasteiger partial charge >= 0.3 is 11.9 Å². The van der Waals surface area contributed by atoms with Gasteiger partial charge in [0.1, 0.15) is 12.2 Å². The summed E-state index contributed by atoms with van der Waals surface area (Å²) in [5, 5.41) is 0.598. The van der Waals surface area contributed by atoms with Crippen molar-refractivity contribution in [3.63, 3.8) is 0 Å². The molecule has 0 aliphatic carbocycles. The molecule has 0 aliphatic heterocycles. The van der Waals surface area contributed by atoms with E-state index in [0.29, 0.717) is 26.6 Å². The third-order valence-corrected chi connectivity index (χ3v) is 4.84. The smallest absolute Gasteiger partial charge is 0.345 e. The summed E-state index contributed by atoms with van der Waals surface area (Å²) in [7, 11) is 1.50. The molecular formula is C22H22BrClO6.